The van der Waals surface area contributed by atoms with E-state index in [-0.39, 0.29) is 0 Å². The number of aryl methyl sites for hydroxylation is 1. The standard InChI is InChI=1S/C24H36O2/c1-3-25-23-11-9-19-13-17(5-7-21(19)15-23)18-6-8-22-16-24(26-4-2)12-10-20(22)14-18/h9,11,15,17-18,20,22,24H,3-8,10,12-14,16H2,1-2H3. The fraction of sp³-hybridized carbons (Fsp3) is 0.750. The molecule has 2 fully saturated rings. The summed E-state index contributed by atoms with van der Waals surface area (Å²) in [6, 6.07) is 6.81. The van der Waals surface area contributed by atoms with Crippen LogP contribution in [0, 0.1) is 23.7 Å². The second kappa shape index (κ2) is 8.33. The van der Waals surface area contributed by atoms with Crippen molar-refractivity contribution in [1.82, 2.24) is 0 Å². The van der Waals surface area contributed by atoms with Gasteiger partial charge in [0, 0.05) is 6.61 Å². The Kier molecular flexibility index (Phi) is 5.88. The van der Waals surface area contributed by atoms with E-state index in [1.165, 1.54) is 63.4 Å². The number of ether oxygens (including phenoxy) is 2. The van der Waals surface area contributed by atoms with E-state index in [2.05, 4.69) is 32.0 Å². The second-order valence-electron chi connectivity index (χ2n) is 8.85. The van der Waals surface area contributed by atoms with Crippen LogP contribution >= 0.6 is 0 Å². The minimum atomic E-state index is 0.555. The SMILES string of the molecule is CCOc1ccc2c(c1)CCC(C1CCC3CC(OCC)CCC3C1)C2. The van der Waals surface area contributed by atoms with E-state index >= 15 is 0 Å². The summed E-state index contributed by atoms with van der Waals surface area (Å²) in [6.45, 7) is 5.85. The van der Waals surface area contributed by atoms with Gasteiger partial charge in [-0.1, -0.05) is 6.07 Å². The van der Waals surface area contributed by atoms with E-state index in [0.29, 0.717) is 6.10 Å². The van der Waals surface area contributed by atoms with Gasteiger partial charge in [-0.15, -0.1) is 0 Å². The summed E-state index contributed by atoms with van der Waals surface area (Å²) in [5.74, 6) is 4.84. The maximum Gasteiger partial charge on any atom is 0.119 e. The van der Waals surface area contributed by atoms with Crippen molar-refractivity contribution in [2.75, 3.05) is 13.2 Å². The van der Waals surface area contributed by atoms with Gasteiger partial charge in [0.2, 0.25) is 0 Å². The third-order valence-electron chi connectivity index (χ3n) is 7.43. The lowest BCUT2D eigenvalue weighted by Gasteiger charge is -2.44. The van der Waals surface area contributed by atoms with Gasteiger partial charge in [0.05, 0.1) is 12.7 Å². The molecule has 5 unspecified atom stereocenters. The molecule has 0 radical (unpaired) electrons. The molecule has 2 saturated carbocycles. The highest BCUT2D eigenvalue weighted by Crippen LogP contribution is 2.47. The Hall–Kier alpha value is -1.02. The van der Waals surface area contributed by atoms with E-state index in [1.807, 2.05) is 0 Å². The average Bonchev–Trinajstić information content (AvgIpc) is 2.68. The van der Waals surface area contributed by atoms with Crippen molar-refractivity contribution in [2.24, 2.45) is 23.7 Å². The molecule has 2 nitrogen and oxygen atoms in total. The van der Waals surface area contributed by atoms with Gasteiger partial charge in [-0.25, -0.2) is 0 Å². The van der Waals surface area contributed by atoms with Crippen LogP contribution in [0.1, 0.15) is 69.9 Å². The highest BCUT2D eigenvalue weighted by molar-refractivity contribution is 5.37. The van der Waals surface area contributed by atoms with E-state index in [4.69, 9.17) is 9.47 Å². The number of hydrogen-bond donors (Lipinski definition) is 0. The maximum absolute atomic E-state index is 5.93. The zero-order valence-electron chi connectivity index (χ0n) is 16.7. The lowest BCUT2D eigenvalue weighted by Crippen LogP contribution is -2.37. The summed E-state index contributed by atoms with van der Waals surface area (Å²) >= 11 is 0. The fourth-order valence-electron chi connectivity index (χ4n) is 6.12. The van der Waals surface area contributed by atoms with E-state index in [9.17, 15) is 0 Å². The van der Waals surface area contributed by atoms with Gasteiger partial charge in [0.1, 0.15) is 5.75 Å². The van der Waals surface area contributed by atoms with Gasteiger partial charge >= 0.3 is 0 Å². The first-order valence-corrected chi connectivity index (χ1v) is 11.1. The van der Waals surface area contributed by atoms with Gasteiger partial charge in [0.25, 0.3) is 0 Å². The number of hydrogen-bond acceptors (Lipinski definition) is 2. The Morgan fingerprint density at radius 2 is 1.58 bits per heavy atom. The quantitative estimate of drug-likeness (QED) is 0.662. The molecule has 0 amide bonds. The molecule has 3 aliphatic carbocycles. The Labute approximate surface area is 159 Å². The van der Waals surface area contributed by atoms with E-state index in [0.717, 1.165) is 42.6 Å². The van der Waals surface area contributed by atoms with Gasteiger partial charge in [0.15, 0.2) is 0 Å². The number of fused-ring (bicyclic) bond motifs is 2. The predicted molar refractivity (Wildman–Crippen MR) is 107 cm³/mol. The molecule has 0 aliphatic heterocycles. The Bertz CT molecular complexity index is 596. The minimum Gasteiger partial charge on any atom is -0.494 e. The van der Waals surface area contributed by atoms with Crippen molar-refractivity contribution in [3.63, 3.8) is 0 Å². The molecule has 144 valence electrons. The molecule has 0 N–H and O–H groups in total. The van der Waals surface area contributed by atoms with Crippen LogP contribution in [0.2, 0.25) is 0 Å². The summed E-state index contributed by atoms with van der Waals surface area (Å²) in [4.78, 5) is 0. The van der Waals surface area contributed by atoms with Crippen LogP contribution in [0.4, 0.5) is 0 Å². The van der Waals surface area contributed by atoms with Crippen LogP contribution in [0.3, 0.4) is 0 Å². The number of rotatable bonds is 5. The summed E-state index contributed by atoms with van der Waals surface area (Å²) in [5.41, 5.74) is 3.13. The third kappa shape index (κ3) is 3.96. The van der Waals surface area contributed by atoms with Crippen LogP contribution in [-0.4, -0.2) is 19.3 Å². The molecular weight excluding hydrogens is 320 g/mol. The average molecular weight is 357 g/mol. The summed E-state index contributed by atoms with van der Waals surface area (Å²) in [6.07, 6.45) is 12.9. The first kappa shape index (κ1) is 18.3. The molecule has 5 atom stereocenters. The smallest absolute Gasteiger partial charge is 0.119 e. The van der Waals surface area contributed by atoms with Crippen molar-refractivity contribution >= 4 is 0 Å². The summed E-state index contributed by atoms with van der Waals surface area (Å²) in [5, 5.41) is 0. The molecular formula is C24H36O2. The third-order valence-corrected chi connectivity index (χ3v) is 7.43. The lowest BCUT2D eigenvalue weighted by atomic mass is 9.62. The van der Waals surface area contributed by atoms with Crippen molar-refractivity contribution in [3.8, 4) is 5.75 Å². The van der Waals surface area contributed by atoms with Crippen LogP contribution in [0.15, 0.2) is 18.2 Å². The van der Waals surface area contributed by atoms with Gasteiger partial charge in [-0.3, -0.25) is 0 Å². The molecule has 0 saturated heterocycles. The highest BCUT2D eigenvalue weighted by Gasteiger charge is 2.38. The molecule has 0 aromatic heterocycles. The second-order valence-corrected chi connectivity index (χ2v) is 8.85. The lowest BCUT2D eigenvalue weighted by molar-refractivity contribution is -0.0192. The monoisotopic (exact) mass is 356 g/mol. The van der Waals surface area contributed by atoms with Crippen molar-refractivity contribution in [3.05, 3.63) is 29.3 Å². The van der Waals surface area contributed by atoms with E-state index in [1.54, 1.807) is 5.56 Å². The normalized spacial score (nSPS) is 34.0. The van der Waals surface area contributed by atoms with Crippen molar-refractivity contribution in [1.29, 1.82) is 0 Å². The van der Waals surface area contributed by atoms with Gasteiger partial charge in [-0.05, 0) is 119 Å². The first-order chi connectivity index (χ1) is 12.8. The number of benzene rings is 1. The first-order valence-electron chi connectivity index (χ1n) is 11.1. The molecule has 4 rings (SSSR count). The summed E-state index contributed by atoms with van der Waals surface area (Å²) < 4.78 is 11.6. The largest absolute Gasteiger partial charge is 0.494 e. The van der Waals surface area contributed by atoms with E-state index < -0.39 is 0 Å². The molecule has 1 aromatic carbocycles. The fourth-order valence-corrected chi connectivity index (χ4v) is 6.12. The highest BCUT2D eigenvalue weighted by atomic mass is 16.5. The van der Waals surface area contributed by atoms with Gasteiger partial charge in [-0.2, -0.15) is 0 Å². The van der Waals surface area contributed by atoms with Crippen LogP contribution in [-0.2, 0) is 17.6 Å². The van der Waals surface area contributed by atoms with Crippen molar-refractivity contribution < 1.29 is 9.47 Å². The Morgan fingerprint density at radius 1 is 0.808 bits per heavy atom. The zero-order valence-corrected chi connectivity index (χ0v) is 16.7. The van der Waals surface area contributed by atoms with Crippen molar-refractivity contribution in [2.45, 2.75) is 77.7 Å². The molecule has 1 aromatic rings. The Morgan fingerprint density at radius 3 is 2.38 bits per heavy atom. The maximum atomic E-state index is 5.93. The zero-order chi connectivity index (χ0) is 17.9. The van der Waals surface area contributed by atoms with Crippen LogP contribution in [0.25, 0.3) is 0 Å². The molecule has 0 spiro atoms. The minimum absolute atomic E-state index is 0.555. The molecule has 3 aliphatic rings. The molecule has 0 heterocycles. The van der Waals surface area contributed by atoms with Crippen LogP contribution < -0.4 is 4.74 Å². The van der Waals surface area contributed by atoms with Crippen LogP contribution in [0.5, 0.6) is 5.75 Å². The Balaban J connectivity index is 1.35. The predicted octanol–water partition coefficient (Wildman–Crippen LogP) is 5.81. The molecule has 26 heavy (non-hydrogen) atoms. The summed E-state index contributed by atoms with van der Waals surface area (Å²) in [7, 11) is 0. The topological polar surface area (TPSA) is 18.5 Å². The van der Waals surface area contributed by atoms with Gasteiger partial charge < -0.3 is 9.47 Å². The molecule has 2 heteroatoms. The molecule has 0 bridgehead atoms.